The lowest BCUT2D eigenvalue weighted by molar-refractivity contribution is -0.123. The molecule has 6 heteroatoms. The van der Waals surface area contributed by atoms with Crippen molar-refractivity contribution < 1.29 is 4.79 Å². The van der Waals surface area contributed by atoms with E-state index in [0.29, 0.717) is 24.6 Å². The zero-order valence-corrected chi connectivity index (χ0v) is 14.4. The van der Waals surface area contributed by atoms with Gasteiger partial charge in [0.15, 0.2) is 0 Å². The van der Waals surface area contributed by atoms with E-state index in [1.807, 2.05) is 24.3 Å². The Labute approximate surface area is 142 Å². The van der Waals surface area contributed by atoms with Gasteiger partial charge in [0.25, 0.3) is 0 Å². The zero-order chi connectivity index (χ0) is 17.0. The van der Waals surface area contributed by atoms with Gasteiger partial charge < -0.3 is 5.32 Å². The Hall–Kier alpha value is -2.24. The van der Waals surface area contributed by atoms with Crippen molar-refractivity contribution in [3.63, 3.8) is 0 Å². The summed E-state index contributed by atoms with van der Waals surface area (Å²) < 4.78 is 0. The standard InChI is InChI=1S/C18H25N5O/c1-13-7-5-6-12-18(13,2)19-16(24)11-10-14-8-3-4-9-15(14)17-20-22-23-21-17/h3-4,8-9,13H,5-7,10-12H2,1-2H3,(H,19,24)(H,20,21,22,23). The first-order valence-electron chi connectivity index (χ1n) is 8.71. The molecule has 1 aliphatic rings. The summed E-state index contributed by atoms with van der Waals surface area (Å²) in [5.74, 6) is 1.22. The monoisotopic (exact) mass is 327 g/mol. The largest absolute Gasteiger partial charge is 0.351 e. The topological polar surface area (TPSA) is 83.6 Å². The smallest absolute Gasteiger partial charge is 0.220 e. The number of carbonyl (C=O) groups excluding carboxylic acids is 1. The van der Waals surface area contributed by atoms with E-state index in [4.69, 9.17) is 0 Å². The number of H-pyrrole nitrogens is 1. The van der Waals surface area contributed by atoms with Crippen molar-refractivity contribution in [2.75, 3.05) is 0 Å². The normalized spacial score (nSPS) is 23.8. The lowest BCUT2D eigenvalue weighted by Crippen LogP contribution is -2.52. The molecule has 128 valence electrons. The molecule has 0 bridgehead atoms. The van der Waals surface area contributed by atoms with Gasteiger partial charge in [-0.05, 0) is 42.9 Å². The molecule has 3 rings (SSSR count). The van der Waals surface area contributed by atoms with E-state index in [-0.39, 0.29) is 11.4 Å². The van der Waals surface area contributed by atoms with Crippen LogP contribution in [-0.2, 0) is 11.2 Å². The van der Waals surface area contributed by atoms with Crippen LogP contribution in [0.25, 0.3) is 11.4 Å². The number of aryl methyl sites for hydroxylation is 1. The molecule has 1 fully saturated rings. The number of nitrogens with one attached hydrogen (secondary N) is 2. The molecule has 1 saturated carbocycles. The molecular weight excluding hydrogens is 302 g/mol. The Balaban J connectivity index is 1.63. The van der Waals surface area contributed by atoms with E-state index in [9.17, 15) is 4.79 Å². The maximum Gasteiger partial charge on any atom is 0.220 e. The molecule has 0 spiro atoms. The highest BCUT2D eigenvalue weighted by molar-refractivity contribution is 5.77. The van der Waals surface area contributed by atoms with E-state index in [1.54, 1.807) is 0 Å². The van der Waals surface area contributed by atoms with Crippen LogP contribution in [0.5, 0.6) is 0 Å². The molecule has 2 unspecified atom stereocenters. The number of tetrazole rings is 1. The SMILES string of the molecule is CC1CCCCC1(C)NC(=O)CCc1ccccc1-c1nn[nH]n1. The van der Waals surface area contributed by atoms with Gasteiger partial charge in [-0.2, -0.15) is 5.21 Å². The molecule has 1 aromatic heterocycles. The van der Waals surface area contributed by atoms with Gasteiger partial charge in [-0.15, -0.1) is 10.2 Å². The number of amides is 1. The van der Waals surface area contributed by atoms with Crippen molar-refractivity contribution in [2.24, 2.45) is 5.92 Å². The van der Waals surface area contributed by atoms with Gasteiger partial charge in [0.05, 0.1) is 0 Å². The maximum atomic E-state index is 12.5. The number of aromatic nitrogens is 4. The molecule has 1 amide bonds. The highest BCUT2D eigenvalue weighted by Crippen LogP contribution is 2.33. The third kappa shape index (κ3) is 3.63. The molecule has 6 nitrogen and oxygen atoms in total. The molecule has 0 radical (unpaired) electrons. The van der Waals surface area contributed by atoms with Crippen LogP contribution in [0, 0.1) is 5.92 Å². The third-order valence-electron chi connectivity index (χ3n) is 5.32. The number of hydrogen-bond donors (Lipinski definition) is 2. The van der Waals surface area contributed by atoms with Gasteiger partial charge in [0.1, 0.15) is 0 Å². The van der Waals surface area contributed by atoms with E-state index < -0.39 is 0 Å². The zero-order valence-electron chi connectivity index (χ0n) is 14.4. The molecule has 1 aliphatic carbocycles. The summed E-state index contributed by atoms with van der Waals surface area (Å²) in [5.41, 5.74) is 1.93. The average molecular weight is 327 g/mol. The molecule has 1 aromatic carbocycles. The molecule has 24 heavy (non-hydrogen) atoms. The lowest BCUT2D eigenvalue weighted by atomic mass is 9.75. The average Bonchev–Trinajstić information content (AvgIpc) is 3.10. The van der Waals surface area contributed by atoms with Crippen molar-refractivity contribution in [1.29, 1.82) is 0 Å². The summed E-state index contributed by atoms with van der Waals surface area (Å²) >= 11 is 0. The molecule has 0 saturated heterocycles. The maximum absolute atomic E-state index is 12.5. The van der Waals surface area contributed by atoms with Gasteiger partial charge in [-0.1, -0.05) is 44.0 Å². The van der Waals surface area contributed by atoms with Crippen LogP contribution in [0.2, 0.25) is 0 Å². The predicted molar refractivity (Wildman–Crippen MR) is 92.1 cm³/mol. The van der Waals surface area contributed by atoms with Crippen molar-refractivity contribution in [3.8, 4) is 11.4 Å². The van der Waals surface area contributed by atoms with Crippen LogP contribution in [0.3, 0.4) is 0 Å². The summed E-state index contributed by atoms with van der Waals surface area (Å²) in [7, 11) is 0. The van der Waals surface area contributed by atoms with Crippen LogP contribution in [0.15, 0.2) is 24.3 Å². The second-order valence-corrected chi connectivity index (χ2v) is 7.01. The minimum Gasteiger partial charge on any atom is -0.351 e. The molecule has 2 atom stereocenters. The molecule has 2 aromatic rings. The number of benzene rings is 1. The fraction of sp³-hybridized carbons (Fsp3) is 0.556. The van der Waals surface area contributed by atoms with Crippen LogP contribution >= 0.6 is 0 Å². The van der Waals surface area contributed by atoms with E-state index in [1.165, 1.54) is 19.3 Å². The summed E-state index contributed by atoms with van der Waals surface area (Å²) in [4.78, 5) is 12.5. The fourth-order valence-corrected chi connectivity index (χ4v) is 3.55. The highest BCUT2D eigenvalue weighted by Gasteiger charge is 2.34. The van der Waals surface area contributed by atoms with Gasteiger partial charge in [0, 0.05) is 17.5 Å². The summed E-state index contributed by atoms with van der Waals surface area (Å²) in [6.45, 7) is 4.42. The summed E-state index contributed by atoms with van der Waals surface area (Å²) in [6, 6.07) is 7.90. The van der Waals surface area contributed by atoms with Gasteiger partial charge in [0.2, 0.25) is 11.7 Å². The Kier molecular flexibility index (Phi) is 4.92. The minimum atomic E-state index is -0.0669. The Morgan fingerprint density at radius 3 is 2.96 bits per heavy atom. The van der Waals surface area contributed by atoms with Gasteiger partial charge >= 0.3 is 0 Å². The predicted octanol–water partition coefficient (Wildman–Crippen LogP) is 2.88. The summed E-state index contributed by atoms with van der Waals surface area (Å²) in [6.07, 6.45) is 5.86. The van der Waals surface area contributed by atoms with Crippen LogP contribution in [-0.4, -0.2) is 32.1 Å². The Bertz CT molecular complexity index is 684. The van der Waals surface area contributed by atoms with Crippen molar-refractivity contribution >= 4 is 5.91 Å². The Morgan fingerprint density at radius 2 is 2.21 bits per heavy atom. The van der Waals surface area contributed by atoms with Crippen molar-refractivity contribution in [2.45, 2.75) is 57.9 Å². The first-order valence-corrected chi connectivity index (χ1v) is 8.71. The minimum absolute atomic E-state index is 0.0669. The van der Waals surface area contributed by atoms with Crippen molar-refractivity contribution in [3.05, 3.63) is 29.8 Å². The molecular formula is C18H25N5O. The summed E-state index contributed by atoms with van der Waals surface area (Å²) in [5, 5.41) is 17.5. The van der Waals surface area contributed by atoms with Crippen LogP contribution < -0.4 is 5.32 Å². The highest BCUT2D eigenvalue weighted by atomic mass is 16.1. The van der Waals surface area contributed by atoms with Crippen LogP contribution in [0.4, 0.5) is 0 Å². The lowest BCUT2D eigenvalue weighted by Gasteiger charge is -2.40. The van der Waals surface area contributed by atoms with E-state index in [0.717, 1.165) is 17.5 Å². The third-order valence-corrected chi connectivity index (χ3v) is 5.32. The molecule has 2 N–H and O–H groups in total. The van der Waals surface area contributed by atoms with Crippen molar-refractivity contribution in [1.82, 2.24) is 25.9 Å². The van der Waals surface area contributed by atoms with Gasteiger partial charge in [-0.25, -0.2) is 0 Å². The number of nitrogens with zero attached hydrogens (tertiary/aromatic N) is 3. The first-order chi connectivity index (χ1) is 11.6. The quantitative estimate of drug-likeness (QED) is 0.884. The van der Waals surface area contributed by atoms with Gasteiger partial charge in [-0.3, -0.25) is 4.79 Å². The fourth-order valence-electron chi connectivity index (χ4n) is 3.55. The van der Waals surface area contributed by atoms with E-state index >= 15 is 0 Å². The molecule has 0 aliphatic heterocycles. The second kappa shape index (κ2) is 7.11. The Morgan fingerprint density at radius 1 is 1.38 bits per heavy atom. The first kappa shape index (κ1) is 16.6. The number of carbonyl (C=O) groups is 1. The molecule has 1 heterocycles. The number of aromatic amines is 1. The van der Waals surface area contributed by atoms with Crippen LogP contribution in [0.1, 0.15) is 51.5 Å². The number of rotatable bonds is 5. The second-order valence-electron chi connectivity index (χ2n) is 7.01. The van der Waals surface area contributed by atoms with E-state index in [2.05, 4.69) is 39.8 Å². The number of hydrogen-bond acceptors (Lipinski definition) is 4.